The first kappa shape index (κ1) is 21.0. The van der Waals surface area contributed by atoms with Crippen LogP contribution in [0.2, 0.25) is 0 Å². The molecule has 0 atom stereocenters. The highest BCUT2D eigenvalue weighted by molar-refractivity contribution is 5.97. The highest BCUT2D eigenvalue weighted by Crippen LogP contribution is 2.30. The number of aliphatic hydroxyl groups excluding tert-OH is 1. The molecule has 154 valence electrons. The first-order valence-electron chi connectivity index (χ1n) is 9.39. The van der Waals surface area contributed by atoms with E-state index >= 15 is 0 Å². The van der Waals surface area contributed by atoms with Crippen molar-refractivity contribution in [1.29, 1.82) is 0 Å². The number of nitrogens with two attached hydrogens (primary N) is 1. The number of aromatic nitrogens is 1. The second-order valence-corrected chi connectivity index (χ2v) is 6.96. The van der Waals surface area contributed by atoms with Crippen LogP contribution in [0.4, 0.5) is 0 Å². The summed E-state index contributed by atoms with van der Waals surface area (Å²) in [5, 5.41) is 18.1. The number of aliphatic hydroxyl groups is 1. The molecule has 3 aromatic rings. The molecule has 0 saturated carbocycles. The van der Waals surface area contributed by atoms with Gasteiger partial charge in [0.1, 0.15) is 6.61 Å². The van der Waals surface area contributed by atoms with Crippen LogP contribution in [0.15, 0.2) is 54.6 Å². The molecule has 0 spiro atoms. The van der Waals surface area contributed by atoms with Crippen LogP contribution < -0.4 is 5.73 Å². The summed E-state index contributed by atoms with van der Waals surface area (Å²) in [6, 6.07) is 15.7. The second kappa shape index (κ2) is 8.75. The minimum Gasteiger partial charge on any atom is -0.481 e. The van der Waals surface area contributed by atoms with Gasteiger partial charge in [-0.05, 0) is 54.8 Å². The first-order chi connectivity index (χ1) is 14.3. The fourth-order valence-corrected chi connectivity index (χ4v) is 3.40. The average Bonchev–Trinajstić information content (AvgIpc) is 3.15. The molecule has 0 aliphatic rings. The minimum atomic E-state index is -0.892. The summed E-state index contributed by atoms with van der Waals surface area (Å²) in [5.74, 6) is -1.78. The van der Waals surface area contributed by atoms with Crippen LogP contribution in [0.3, 0.4) is 0 Å². The Balaban J connectivity index is 2.12. The van der Waals surface area contributed by atoms with E-state index in [1.807, 2.05) is 23.6 Å². The predicted octanol–water partition coefficient (Wildman–Crippen LogP) is 2.74. The maximum atomic E-state index is 11.7. The number of hydrogen-bond donors (Lipinski definition) is 3. The SMILES string of the molecule is Cc1cc(C(N)=O)ccc1-n1c(CCC(=O)O)ccc1-c1ccc(C(=O)CO)cc1. The van der Waals surface area contributed by atoms with E-state index < -0.39 is 18.5 Å². The van der Waals surface area contributed by atoms with Gasteiger partial charge in [0.15, 0.2) is 5.78 Å². The Morgan fingerprint density at radius 3 is 2.20 bits per heavy atom. The van der Waals surface area contributed by atoms with Crippen LogP contribution in [-0.2, 0) is 11.2 Å². The Kier molecular flexibility index (Phi) is 6.13. The number of carboxylic acid groups (broad SMARTS) is 1. The number of Topliss-reactive ketones (excluding diaryl/α,β-unsaturated/α-hetero) is 1. The van der Waals surface area contributed by atoms with Crippen molar-refractivity contribution in [1.82, 2.24) is 4.57 Å². The van der Waals surface area contributed by atoms with Gasteiger partial charge in [0.2, 0.25) is 5.91 Å². The molecule has 0 aliphatic carbocycles. The Labute approximate surface area is 173 Å². The van der Waals surface area contributed by atoms with Crippen LogP contribution in [0.5, 0.6) is 0 Å². The molecule has 2 aromatic carbocycles. The largest absolute Gasteiger partial charge is 0.481 e. The van der Waals surface area contributed by atoms with E-state index in [0.29, 0.717) is 17.5 Å². The van der Waals surface area contributed by atoms with Gasteiger partial charge in [-0.15, -0.1) is 0 Å². The third-order valence-corrected chi connectivity index (χ3v) is 4.93. The van der Waals surface area contributed by atoms with Crippen molar-refractivity contribution in [3.63, 3.8) is 0 Å². The fourth-order valence-electron chi connectivity index (χ4n) is 3.40. The van der Waals surface area contributed by atoms with Gasteiger partial charge in [-0.25, -0.2) is 0 Å². The number of carbonyl (C=O) groups excluding carboxylic acids is 2. The molecule has 7 nitrogen and oxygen atoms in total. The molecule has 0 unspecified atom stereocenters. The number of rotatable bonds is 8. The second-order valence-electron chi connectivity index (χ2n) is 6.96. The number of benzene rings is 2. The first-order valence-corrected chi connectivity index (χ1v) is 9.39. The number of carbonyl (C=O) groups is 3. The van der Waals surface area contributed by atoms with Crippen LogP contribution in [0.1, 0.15) is 38.4 Å². The maximum Gasteiger partial charge on any atom is 0.303 e. The zero-order valence-corrected chi connectivity index (χ0v) is 16.5. The Morgan fingerprint density at radius 1 is 0.967 bits per heavy atom. The van der Waals surface area contributed by atoms with Crippen LogP contribution in [-0.4, -0.2) is 39.0 Å². The van der Waals surface area contributed by atoms with Gasteiger partial charge in [0, 0.05) is 22.5 Å². The normalized spacial score (nSPS) is 10.7. The van der Waals surface area contributed by atoms with Crippen molar-refractivity contribution < 1.29 is 24.6 Å². The molecule has 0 saturated heterocycles. The van der Waals surface area contributed by atoms with Crippen LogP contribution in [0, 0.1) is 6.92 Å². The van der Waals surface area contributed by atoms with Crippen molar-refractivity contribution in [3.8, 4) is 16.9 Å². The van der Waals surface area contributed by atoms with E-state index in [1.165, 1.54) is 0 Å². The third-order valence-electron chi connectivity index (χ3n) is 4.93. The highest BCUT2D eigenvalue weighted by Gasteiger charge is 2.16. The van der Waals surface area contributed by atoms with E-state index in [1.54, 1.807) is 42.5 Å². The molecule has 1 aromatic heterocycles. The van der Waals surface area contributed by atoms with Crippen molar-refractivity contribution in [2.75, 3.05) is 6.61 Å². The quantitative estimate of drug-likeness (QED) is 0.497. The number of aryl methyl sites for hydroxylation is 2. The molecule has 0 aliphatic heterocycles. The Morgan fingerprint density at radius 2 is 1.63 bits per heavy atom. The lowest BCUT2D eigenvalue weighted by Crippen LogP contribution is -2.12. The molecule has 3 rings (SSSR count). The molecular formula is C23H22N2O5. The lowest BCUT2D eigenvalue weighted by Gasteiger charge is -2.17. The number of carboxylic acids is 1. The zero-order chi connectivity index (χ0) is 21.8. The summed E-state index contributed by atoms with van der Waals surface area (Å²) >= 11 is 0. The average molecular weight is 406 g/mol. The van der Waals surface area contributed by atoms with Crippen LogP contribution >= 0.6 is 0 Å². The summed E-state index contributed by atoms with van der Waals surface area (Å²) < 4.78 is 1.95. The van der Waals surface area contributed by atoms with Crippen molar-refractivity contribution in [2.24, 2.45) is 5.73 Å². The van der Waals surface area contributed by atoms with E-state index in [4.69, 9.17) is 15.9 Å². The standard InChI is InChI=1S/C23H22N2O5/c1-14-12-17(23(24)30)6-9-19(14)25-18(8-11-22(28)29)7-10-20(25)15-2-4-16(5-3-15)21(27)13-26/h2-7,9-10,12,26H,8,11,13H2,1H3,(H2,24,30)(H,28,29). The zero-order valence-electron chi connectivity index (χ0n) is 16.5. The van der Waals surface area contributed by atoms with Gasteiger partial charge in [-0.2, -0.15) is 0 Å². The number of nitrogens with zero attached hydrogens (tertiary/aromatic N) is 1. The Hall–Kier alpha value is -3.71. The summed E-state index contributed by atoms with van der Waals surface area (Å²) in [4.78, 5) is 34.3. The van der Waals surface area contributed by atoms with Gasteiger partial charge in [-0.3, -0.25) is 14.4 Å². The van der Waals surface area contributed by atoms with E-state index in [2.05, 4.69) is 0 Å². The monoisotopic (exact) mass is 406 g/mol. The fraction of sp³-hybridized carbons (Fsp3) is 0.174. The van der Waals surface area contributed by atoms with E-state index in [-0.39, 0.29) is 12.2 Å². The van der Waals surface area contributed by atoms with Gasteiger partial charge in [-0.1, -0.05) is 24.3 Å². The van der Waals surface area contributed by atoms with Crippen LogP contribution in [0.25, 0.3) is 16.9 Å². The number of aliphatic carboxylic acids is 1. The molecule has 0 fully saturated rings. The highest BCUT2D eigenvalue weighted by atomic mass is 16.4. The van der Waals surface area contributed by atoms with Gasteiger partial charge < -0.3 is 20.5 Å². The molecule has 4 N–H and O–H groups in total. The molecule has 30 heavy (non-hydrogen) atoms. The molecule has 7 heteroatoms. The number of ketones is 1. The smallest absolute Gasteiger partial charge is 0.303 e. The predicted molar refractivity (Wildman–Crippen MR) is 112 cm³/mol. The van der Waals surface area contributed by atoms with Crippen molar-refractivity contribution in [3.05, 3.63) is 77.0 Å². The van der Waals surface area contributed by atoms with E-state index in [9.17, 15) is 14.4 Å². The van der Waals surface area contributed by atoms with Gasteiger partial charge in [0.05, 0.1) is 12.1 Å². The van der Waals surface area contributed by atoms with E-state index in [0.717, 1.165) is 28.2 Å². The minimum absolute atomic E-state index is 0.0220. The van der Waals surface area contributed by atoms with Gasteiger partial charge in [0.25, 0.3) is 0 Å². The Bertz CT molecular complexity index is 1110. The molecule has 0 radical (unpaired) electrons. The number of hydrogen-bond acceptors (Lipinski definition) is 4. The van der Waals surface area contributed by atoms with Gasteiger partial charge >= 0.3 is 5.97 Å². The maximum absolute atomic E-state index is 11.7. The molecule has 1 amide bonds. The lowest BCUT2D eigenvalue weighted by molar-refractivity contribution is -0.137. The number of primary amides is 1. The molecular weight excluding hydrogens is 384 g/mol. The summed E-state index contributed by atoms with van der Waals surface area (Å²) in [6.45, 7) is 1.30. The molecule has 1 heterocycles. The van der Waals surface area contributed by atoms with Crippen molar-refractivity contribution >= 4 is 17.7 Å². The van der Waals surface area contributed by atoms with Crippen molar-refractivity contribution in [2.45, 2.75) is 19.8 Å². The molecule has 0 bridgehead atoms. The topological polar surface area (TPSA) is 123 Å². The summed E-state index contributed by atoms with van der Waals surface area (Å²) in [5.41, 5.74) is 10.2. The summed E-state index contributed by atoms with van der Waals surface area (Å²) in [6.07, 6.45) is 0.305. The summed E-state index contributed by atoms with van der Waals surface area (Å²) in [7, 11) is 0. The number of amides is 1. The third kappa shape index (κ3) is 4.31. The lowest BCUT2D eigenvalue weighted by atomic mass is 10.1.